The third-order valence-corrected chi connectivity index (χ3v) is 5.18. The van der Waals surface area contributed by atoms with Crippen molar-refractivity contribution in [3.05, 3.63) is 59.4 Å². The van der Waals surface area contributed by atoms with Crippen molar-refractivity contribution in [3.8, 4) is 11.3 Å². The van der Waals surface area contributed by atoms with Crippen LogP contribution >= 0.6 is 0 Å². The van der Waals surface area contributed by atoms with Crippen LogP contribution in [-0.4, -0.2) is 29.6 Å². The smallest absolute Gasteiger partial charge is 0.407 e. The Kier molecular flexibility index (Phi) is 5.11. The molecule has 156 valence electrons. The average Bonchev–Trinajstić information content (AvgIpc) is 3.02. The molecule has 1 aliphatic carbocycles. The van der Waals surface area contributed by atoms with Crippen LogP contribution in [0.1, 0.15) is 24.3 Å². The van der Waals surface area contributed by atoms with E-state index >= 15 is 0 Å². The Bertz CT molecular complexity index is 1120. The zero-order valence-electron chi connectivity index (χ0n) is 15.7. The summed E-state index contributed by atoms with van der Waals surface area (Å²) in [5.74, 6) is -2.66. The van der Waals surface area contributed by atoms with E-state index in [9.17, 15) is 22.8 Å². The maximum atomic E-state index is 14.4. The molecule has 1 fully saturated rings. The Morgan fingerprint density at radius 3 is 2.47 bits per heavy atom. The van der Waals surface area contributed by atoms with Crippen molar-refractivity contribution in [1.82, 2.24) is 10.3 Å². The monoisotopic (exact) mass is 417 g/mol. The number of H-pyrrole nitrogens is 1. The Hall–Kier alpha value is -3.49. The SMILES string of the molecule is NC(=O)CNC(=O)O[C@H]1C[C@H](c2c(-c3ccc(F)cc3)[nH]c3c(F)cc(F)cc32)C1. The highest BCUT2D eigenvalue weighted by Crippen LogP contribution is 2.46. The first-order chi connectivity index (χ1) is 14.3. The van der Waals surface area contributed by atoms with Crippen LogP contribution in [0.15, 0.2) is 36.4 Å². The summed E-state index contributed by atoms with van der Waals surface area (Å²) < 4.78 is 46.8. The highest BCUT2D eigenvalue weighted by molar-refractivity contribution is 5.92. The number of ether oxygens (including phenoxy) is 1. The third-order valence-electron chi connectivity index (χ3n) is 5.18. The summed E-state index contributed by atoms with van der Waals surface area (Å²) in [5, 5.41) is 2.64. The molecule has 30 heavy (non-hydrogen) atoms. The molecule has 2 amide bonds. The van der Waals surface area contributed by atoms with Crippen molar-refractivity contribution in [2.45, 2.75) is 24.9 Å². The Labute approximate surface area is 169 Å². The van der Waals surface area contributed by atoms with Gasteiger partial charge in [-0.2, -0.15) is 0 Å². The van der Waals surface area contributed by atoms with Gasteiger partial charge in [0.2, 0.25) is 5.91 Å². The minimum atomic E-state index is -0.757. The number of rotatable bonds is 5. The number of carbonyl (C=O) groups is 2. The molecule has 3 aromatic rings. The lowest BCUT2D eigenvalue weighted by Gasteiger charge is -2.35. The first-order valence-electron chi connectivity index (χ1n) is 9.31. The van der Waals surface area contributed by atoms with Crippen LogP contribution in [0.3, 0.4) is 0 Å². The fraction of sp³-hybridized carbons (Fsp3) is 0.238. The molecule has 4 rings (SSSR count). The van der Waals surface area contributed by atoms with Crippen LogP contribution in [0.5, 0.6) is 0 Å². The molecular weight excluding hydrogens is 399 g/mol. The van der Waals surface area contributed by atoms with E-state index in [0.29, 0.717) is 35.0 Å². The largest absolute Gasteiger partial charge is 0.446 e. The van der Waals surface area contributed by atoms with Crippen molar-refractivity contribution in [2.24, 2.45) is 5.73 Å². The minimum absolute atomic E-state index is 0.131. The molecule has 0 spiro atoms. The average molecular weight is 417 g/mol. The highest BCUT2D eigenvalue weighted by atomic mass is 19.1. The molecule has 6 nitrogen and oxygen atoms in total. The maximum absolute atomic E-state index is 14.4. The van der Waals surface area contributed by atoms with Crippen LogP contribution < -0.4 is 11.1 Å². The Balaban J connectivity index is 1.62. The van der Waals surface area contributed by atoms with Crippen LogP contribution in [-0.2, 0) is 9.53 Å². The highest BCUT2D eigenvalue weighted by Gasteiger charge is 2.37. The van der Waals surface area contributed by atoms with Crippen LogP contribution in [0, 0.1) is 17.5 Å². The number of nitrogens with one attached hydrogen (secondary N) is 2. The summed E-state index contributed by atoms with van der Waals surface area (Å²) >= 11 is 0. The number of hydrogen-bond donors (Lipinski definition) is 3. The number of carbonyl (C=O) groups excluding carboxylic acids is 2. The molecule has 0 radical (unpaired) electrons. The number of benzene rings is 2. The second-order valence-corrected chi connectivity index (χ2v) is 7.25. The number of nitrogens with two attached hydrogens (primary N) is 1. The predicted octanol–water partition coefficient (Wildman–Crippen LogP) is 3.71. The summed E-state index contributed by atoms with van der Waals surface area (Å²) in [7, 11) is 0. The van der Waals surface area contributed by atoms with E-state index < -0.39 is 35.6 Å². The first kappa shape index (κ1) is 19.8. The van der Waals surface area contributed by atoms with Crippen molar-refractivity contribution in [2.75, 3.05) is 6.54 Å². The van der Waals surface area contributed by atoms with Crippen LogP contribution in [0.25, 0.3) is 22.2 Å². The Morgan fingerprint density at radius 1 is 1.10 bits per heavy atom. The van der Waals surface area contributed by atoms with Crippen molar-refractivity contribution >= 4 is 22.9 Å². The Morgan fingerprint density at radius 2 is 1.80 bits per heavy atom. The van der Waals surface area contributed by atoms with Gasteiger partial charge in [-0.05, 0) is 60.2 Å². The summed E-state index contributed by atoms with van der Waals surface area (Å²) in [6, 6.07) is 7.75. The van der Waals surface area contributed by atoms with Crippen LogP contribution in [0.2, 0.25) is 0 Å². The number of hydrogen-bond acceptors (Lipinski definition) is 3. The number of fused-ring (bicyclic) bond motifs is 1. The molecule has 1 saturated carbocycles. The van der Waals surface area contributed by atoms with Gasteiger partial charge in [0.25, 0.3) is 0 Å². The maximum Gasteiger partial charge on any atom is 0.407 e. The number of aromatic amines is 1. The topological polar surface area (TPSA) is 97.2 Å². The second kappa shape index (κ2) is 7.74. The van der Waals surface area contributed by atoms with E-state index in [1.807, 2.05) is 0 Å². The lowest BCUT2D eigenvalue weighted by molar-refractivity contribution is -0.117. The van der Waals surface area contributed by atoms with Crippen molar-refractivity contribution in [3.63, 3.8) is 0 Å². The van der Waals surface area contributed by atoms with Gasteiger partial charge in [-0.1, -0.05) is 0 Å². The fourth-order valence-electron chi connectivity index (χ4n) is 3.76. The molecule has 0 aliphatic heterocycles. The lowest BCUT2D eigenvalue weighted by Crippen LogP contribution is -2.39. The molecule has 0 saturated heterocycles. The molecule has 1 heterocycles. The van der Waals surface area contributed by atoms with E-state index in [1.165, 1.54) is 18.2 Å². The van der Waals surface area contributed by atoms with E-state index in [1.54, 1.807) is 12.1 Å². The molecule has 4 N–H and O–H groups in total. The van der Waals surface area contributed by atoms with Gasteiger partial charge in [-0.15, -0.1) is 0 Å². The van der Waals surface area contributed by atoms with Gasteiger partial charge in [0.05, 0.1) is 17.8 Å². The normalized spacial score (nSPS) is 18.1. The van der Waals surface area contributed by atoms with Crippen molar-refractivity contribution < 1.29 is 27.5 Å². The standard InChI is InChI=1S/C21H18F3N3O3/c22-12-3-1-10(2-4-12)19-18(15-7-13(23)8-16(24)20(15)27-19)11-5-14(6-11)30-21(29)26-9-17(25)28/h1-4,7-8,11,14,27H,5-6,9H2,(H2,25,28)(H,26,29)/t11-,14-. The number of aromatic nitrogens is 1. The van der Waals surface area contributed by atoms with Gasteiger partial charge in [-0.3, -0.25) is 4.79 Å². The molecule has 1 aliphatic rings. The summed E-state index contributed by atoms with van der Waals surface area (Å²) in [5.41, 5.74) is 7.01. The number of primary amides is 1. The van der Waals surface area contributed by atoms with E-state index in [-0.39, 0.29) is 18.0 Å². The van der Waals surface area contributed by atoms with E-state index in [4.69, 9.17) is 10.5 Å². The molecule has 0 atom stereocenters. The zero-order chi connectivity index (χ0) is 21.4. The molecule has 9 heteroatoms. The summed E-state index contributed by atoms with van der Waals surface area (Å²) in [6.45, 7) is -0.329. The van der Waals surface area contributed by atoms with Gasteiger partial charge < -0.3 is 20.8 Å². The van der Waals surface area contributed by atoms with Gasteiger partial charge in [0.1, 0.15) is 23.6 Å². The number of halogens is 3. The van der Waals surface area contributed by atoms with Gasteiger partial charge >= 0.3 is 6.09 Å². The molecule has 2 aromatic carbocycles. The second-order valence-electron chi connectivity index (χ2n) is 7.25. The van der Waals surface area contributed by atoms with Crippen molar-refractivity contribution in [1.29, 1.82) is 0 Å². The summed E-state index contributed by atoms with van der Waals surface area (Å²) in [4.78, 5) is 25.4. The quantitative estimate of drug-likeness (QED) is 0.590. The van der Waals surface area contributed by atoms with Gasteiger partial charge in [0, 0.05) is 11.5 Å². The molecule has 1 aromatic heterocycles. The number of alkyl carbamates (subject to hydrolysis) is 1. The summed E-state index contributed by atoms with van der Waals surface area (Å²) in [6.07, 6.45) is -0.300. The zero-order valence-corrected chi connectivity index (χ0v) is 15.7. The third kappa shape index (κ3) is 3.83. The van der Waals surface area contributed by atoms with Crippen LogP contribution in [0.4, 0.5) is 18.0 Å². The lowest BCUT2D eigenvalue weighted by atomic mass is 9.75. The minimum Gasteiger partial charge on any atom is -0.446 e. The predicted molar refractivity (Wildman–Crippen MR) is 103 cm³/mol. The number of amides is 2. The van der Waals surface area contributed by atoms with E-state index in [2.05, 4.69) is 10.3 Å². The van der Waals surface area contributed by atoms with Gasteiger partial charge in [-0.25, -0.2) is 18.0 Å². The van der Waals surface area contributed by atoms with Gasteiger partial charge in [0.15, 0.2) is 0 Å². The first-order valence-corrected chi connectivity index (χ1v) is 9.31. The molecule has 0 bridgehead atoms. The fourth-order valence-corrected chi connectivity index (χ4v) is 3.76. The molecular formula is C21H18F3N3O3. The van der Waals surface area contributed by atoms with E-state index in [0.717, 1.165) is 6.07 Å². The molecule has 0 unspecified atom stereocenters.